The second-order valence-corrected chi connectivity index (χ2v) is 4.68. The molecule has 3 nitrogen and oxygen atoms in total. The molecule has 0 fully saturated rings. The third-order valence-electron chi connectivity index (χ3n) is 2.27. The molecular weight excluding hydrogens is 220 g/mol. The van der Waals surface area contributed by atoms with Gasteiger partial charge in [-0.25, -0.2) is 0 Å². The highest BCUT2D eigenvalue weighted by atomic mass is 32.2. The minimum Gasteiger partial charge on any atom is -0.492 e. The molecule has 0 saturated heterocycles. The minimum atomic E-state index is 0.0603. The Bertz CT molecular complexity index is 307. The van der Waals surface area contributed by atoms with Gasteiger partial charge in [-0.05, 0) is 36.5 Å². The summed E-state index contributed by atoms with van der Waals surface area (Å²) >= 11 is 1.81. The molecule has 0 spiro atoms. The maximum atomic E-state index is 6.07. The van der Waals surface area contributed by atoms with E-state index in [0.717, 1.165) is 36.5 Å². The first-order valence-corrected chi connectivity index (χ1v) is 6.99. The maximum absolute atomic E-state index is 6.07. The van der Waals surface area contributed by atoms with Crippen molar-refractivity contribution in [2.24, 2.45) is 5.73 Å². The monoisotopic (exact) mass is 240 g/mol. The van der Waals surface area contributed by atoms with Crippen LogP contribution in [0.2, 0.25) is 0 Å². The highest BCUT2D eigenvalue weighted by Gasteiger charge is 2.07. The maximum Gasteiger partial charge on any atom is 0.137 e. The van der Waals surface area contributed by atoms with E-state index in [2.05, 4.69) is 18.2 Å². The van der Waals surface area contributed by atoms with E-state index in [1.807, 2.05) is 24.0 Å². The molecule has 1 heterocycles. The second kappa shape index (κ2) is 7.52. The van der Waals surface area contributed by atoms with Gasteiger partial charge in [-0.3, -0.25) is 4.98 Å². The van der Waals surface area contributed by atoms with E-state index in [9.17, 15) is 0 Å². The first kappa shape index (κ1) is 13.3. The molecular formula is C12H20N2OS. The van der Waals surface area contributed by atoms with Gasteiger partial charge in [-0.1, -0.05) is 6.92 Å². The minimum absolute atomic E-state index is 0.0603. The van der Waals surface area contributed by atoms with Crippen LogP contribution in [0.1, 0.15) is 31.4 Å². The van der Waals surface area contributed by atoms with Crippen LogP contribution in [0.3, 0.4) is 0 Å². The van der Waals surface area contributed by atoms with Gasteiger partial charge in [0.15, 0.2) is 0 Å². The first-order chi connectivity index (χ1) is 7.77. The van der Waals surface area contributed by atoms with Gasteiger partial charge >= 0.3 is 0 Å². The number of aromatic nitrogens is 1. The molecule has 2 N–H and O–H groups in total. The van der Waals surface area contributed by atoms with E-state index in [4.69, 9.17) is 10.5 Å². The molecule has 0 aliphatic carbocycles. The molecule has 0 bridgehead atoms. The number of rotatable bonds is 7. The van der Waals surface area contributed by atoms with Crippen molar-refractivity contribution in [2.45, 2.75) is 25.8 Å². The first-order valence-electron chi connectivity index (χ1n) is 5.60. The van der Waals surface area contributed by atoms with Crippen molar-refractivity contribution < 1.29 is 4.74 Å². The highest BCUT2D eigenvalue weighted by Crippen LogP contribution is 2.19. The van der Waals surface area contributed by atoms with E-state index >= 15 is 0 Å². The Labute approximate surface area is 102 Å². The smallest absolute Gasteiger partial charge is 0.137 e. The molecule has 0 amide bonds. The molecule has 90 valence electrons. The largest absolute Gasteiger partial charge is 0.492 e. The zero-order valence-electron chi connectivity index (χ0n) is 9.98. The summed E-state index contributed by atoms with van der Waals surface area (Å²) in [5.74, 6) is 1.89. The fraction of sp³-hybridized carbons (Fsp3) is 0.583. The number of hydrogen-bond acceptors (Lipinski definition) is 4. The third kappa shape index (κ3) is 4.41. The lowest BCUT2D eigenvalue weighted by Gasteiger charge is -2.12. The zero-order valence-corrected chi connectivity index (χ0v) is 10.8. The van der Waals surface area contributed by atoms with E-state index in [-0.39, 0.29) is 6.04 Å². The molecule has 1 aromatic rings. The van der Waals surface area contributed by atoms with Gasteiger partial charge in [-0.2, -0.15) is 11.8 Å². The van der Waals surface area contributed by atoms with E-state index in [1.54, 1.807) is 6.20 Å². The zero-order chi connectivity index (χ0) is 11.8. The Kier molecular flexibility index (Phi) is 6.26. The summed E-state index contributed by atoms with van der Waals surface area (Å²) in [4.78, 5) is 4.15. The predicted octanol–water partition coefficient (Wildman–Crippen LogP) is 2.62. The van der Waals surface area contributed by atoms with Crippen LogP contribution >= 0.6 is 11.8 Å². The normalized spacial score (nSPS) is 12.4. The van der Waals surface area contributed by atoms with Crippen molar-refractivity contribution in [3.63, 3.8) is 0 Å². The van der Waals surface area contributed by atoms with E-state index in [0.29, 0.717) is 0 Å². The molecule has 0 aliphatic rings. The Hall–Kier alpha value is -0.740. The molecule has 1 unspecified atom stereocenters. The van der Waals surface area contributed by atoms with Crippen molar-refractivity contribution in [1.29, 1.82) is 0 Å². The molecule has 1 aromatic heterocycles. The fourth-order valence-electron chi connectivity index (χ4n) is 1.35. The summed E-state index contributed by atoms with van der Waals surface area (Å²) in [5, 5.41) is 0. The van der Waals surface area contributed by atoms with Crippen LogP contribution < -0.4 is 10.5 Å². The summed E-state index contributed by atoms with van der Waals surface area (Å²) in [5.41, 5.74) is 7.13. The second-order valence-electron chi connectivity index (χ2n) is 3.69. The molecule has 0 aliphatic heterocycles. The molecule has 1 rings (SSSR count). The molecule has 1 atom stereocenters. The van der Waals surface area contributed by atoms with Crippen LogP contribution in [0.4, 0.5) is 0 Å². The van der Waals surface area contributed by atoms with Crippen molar-refractivity contribution in [1.82, 2.24) is 4.98 Å². The van der Waals surface area contributed by atoms with Crippen LogP contribution in [0.15, 0.2) is 18.5 Å². The van der Waals surface area contributed by atoms with Crippen molar-refractivity contribution >= 4 is 11.8 Å². The van der Waals surface area contributed by atoms with Gasteiger partial charge in [0.25, 0.3) is 0 Å². The average Bonchev–Trinajstić information content (AvgIpc) is 2.33. The van der Waals surface area contributed by atoms with Gasteiger partial charge in [0.05, 0.1) is 12.8 Å². The topological polar surface area (TPSA) is 48.1 Å². The summed E-state index contributed by atoms with van der Waals surface area (Å²) < 4.78 is 5.53. The Morgan fingerprint density at radius 3 is 3.00 bits per heavy atom. The fourth-order valence-corrected chi connectivity index (χ4v) is 1.84. The lowest BCUT2D eigenvalue weighted by atomic mass is 10.1. The quantitative estimate of drug-likeness (QED) is 0.796. The summed E-state index contributed by atoms with van der Waals surface area (Å²) in [7, 11) is 0. The van der Waals surface area contributed by atoms with Crippen molar-refractivity contribution in [3.05, 3.63) is 24.0 Å². The Morgan fingerprint density at radius 1 is 1.50 bits per heavy atom. The lowest BCUT2D eigenvalue weighted by molar-refractivity contribution is 0.315. The highest BCUT2D eigenvalue weighted by molar-refractivity contribution is 7.98. The SMILES string of the molecule is CCCOc1cncc(C(N)CCSC)c1. The van der Waals surface area contributed by atoms with E-state index in [1.165, 1.54) is 0 Å². The summed E-state index contributed by atoms with van der Waals surface area (Å²) in [6.07, 6.45) is 7.62. The predicted molar refractivity (Wildman–Crippen MR) is 70.0 cm³/mol. The van der Waals surface area contributed by atoms with Gasteiger partial charge in [-0.15, -0.1) is 0 Å². The molecule has 0 aromatic carbocycles. The van der Waals surface area contributed by atoms with Crippen LogP contribution in [0.5, 0.6) is 5.75 Å². The number of hydrogen-bond donors (Lipinski definition) is 1. The Balaban J connectivity index is 2.58. The Morgan fingerprint density at radius 2 is 2.31 bits per heavy atom. The number of nitrogens with two attached hydrogens (primary N) is 1. The van der Waals surface area contributed by atoms with Crippen LogP contribution in [0, 0.1) is 0 Å². The van der Waals surface area contributed by atoms with Gasteiger partial charge in [0.2, 0.25) is 0 Å². The van der Waals surface area contributed by atoms with Gasteiger partial charge in [0, 0.05) is 12.2 Å². The number of thioether (sulfide) groups is 1. The van der Waals surface area contributed by atoms with Gasteiger partial charge in [0.1, 0.15) is 5.75 Å². The standard InChI is InChI=1S/C12H20N2OS/c1-3-5-15-11-7-10(8-14-9-11)12(13)4-6-16-2/h7-9,12H,3-6,13H2,1-2H3. The molecule has 16 heavy (non-hydrogen) atoms. The van der Waals surface area contributed by atoms with Crippen molar-refractivity contribution in [3.8, 4) is 5.75 Å². The number of pyridine rings is 1. The van der Waals surface area contributed by atoms with E-state index < -0.39 is 0 Å². The molecule has 0 radical (unpaired) electrons. The van der Waals surface area contributed by atoms with Crippen molar-refractivity contribution in [2.75, 3.05) is 18.6 Å². The lowest BCUT2D eigenvalue weighted by Crippen LogP contribution is -2.11. The third-order valence-corrected chi connectivity index (χ3v) is 2.91. The van der Waals surface area contributed by atoms with Crippen LogP contribution in [-0.2, 0) is 0 Å². The molecule has 4 heteroatoms. The molecule has 0 saturated carbocycles. The van der Waals surface area contributed by atoms with Crippen LogP contribution in [-0.4, -0.2) is 23.6 Å². The summed E-state index contributed by atoms with van der Waals surface area (Å²) in [6.45, 7) is 2.81. The average molecular weight is 240 g/mol. The summed E-state index contributed by atoms with van der Waals surface area (Å²) in [6, 6.07) is 2.05. The van der Waals surface area contributed by atoms with Gasteiger partial charge < -0.3 is 10.5 Å². The van der Waals surface area contributed by atoms with Crippen LogP contribution in [0.25, 0.3) is 0 Å². The number of nitrogens with zero attached hydrogens (tertiary/aromatic N) is 1. The number of ether oxygens (including phenoxy) is 1.